The number of rotatable bonds is 7. The number of aryl methyl sites for hydroxylation is 1. The third-order valence-corrected chi connectivity index (χ3v) is 10.4. The van der Waals surface area contributed by atoms with Crippen molar-refractivity contribution in [2.75, 3.05) is 10.6 Å². The van der Waals surface area contributed by atoms with E-state index in [1.807, 2.05) is 90.1 Å². The van der Waals surface area contributed by atoms with E-state index >= 15 is 0 Å². The molecule has 0 spiro atoms. The summed E-state index contributed by atoms with van der Waals surface area (Å²) in [5, 5.41) is 10.1. The Labute approximate surface area is 280 Å². The summed E-state index contributed by atoms with van der Waals surface area (Å²) in [5.41, 5.74) is 8.28. The zero-order valence-corrected chi connectivity index (χ0v) is 26.9. The Balaban J connectivity index is 1.27. The molecule has 0 aliphatic carbocycles. The monoisotopic (exact) mass is 659 g/mol. The minimum Gasteiger partial charge on any atom is -0.375 e. The molecular formula is C37H30FN5O2S2. The fourth-order valence-corrected chi connectivity index (χ4v) is 7.99. The topological polar surface area (TPSA) is 85.8 Å². The number of amides is 2. The quantitative estimate of drug-likeness (QED) is 0.163. The number of thioether (sulfide) groups is 1. The number of thiophene rings is 1. The number of carbonyl (C=O) groups is 2. The van der Waals surface area contributed by atoms with Gasteiger partial charge in [0.05, 0.1) is 28.2 Å². The van der Waals surface area contributed by atoms with Crippen molar-refractivity contribution in [2.45, 2.75) is 23.6 Å². The number of benzene rings is 4. The standard InChI is InChI=1S/C37H30FN5O2S2/c1-23-22-46-37(41-35(44)26-12-6-3-7-13-26)31(23)36(45)42-43-30(21-16-24-10-4-2-5-11-24)47-33-32(25-17-19-27(38)20-18-25)39-28-14-8-9-15-29(28)40-34(33)43/h2-22,30,32-33,39H,1H3,(H,41,44)(H,42,45)/b21-16+. The fraction of sp³-hybridized carbons (Fsp3) is 0.108. The smallest absolute Gasteiger partial charge is 0.273 e. The zero-order chi connectivity index (χ0) is 32.3. The molecule has 2 amide bonds. The van der Waals surface area contributed by atoms with Gasteiger partial charge in [0.15, 0.2) is 0 Å². The number of hydrazine groups is 1. The molecule has 0 radical (unpaired) electrons. The second kappa shape index (κ2) is 13.3. The van der Waals surface area contributed by atoms with Crippen LogP contribution < -0.4 is 16.1 Å². The van der Waals surface area contributed by atoms with Crippen molar-refractivity contribution < 1.29 is 14.0 Å². The van der Waals surface area contributed by atoms with Gasteiger partial charge >= 0.3 is 0 Å². The first kappa shape index (κ1) is 30.5. The van der Waals surface area contributed by atoms with Gasteiger partial charge < -0.3 is 10.6 Å². The van der Waals surface area contributed by atoms with Crippen LogP contribution in [0.5, 0.6) is 0 Å². The molecule has 3 heterocycles. The second-order valence-corrected chi connectivity index (χ2v) is 13.3. The van der Waals surface area contributed by atoms with E-state index < -0.39 is 0 Å². The van der Waals surface area contributed by atoms with Crippen LogP contribution >= 0.6 is 23.1 Å². The number of hydrogen-bond acceptors (Lipinski definition) is 7. The van der Waals surface area contributed by atoms with Gasteiger partial charge in [0.2, 0.25) is 0 Å². The molecule has 5 aromatic rings. The van der Waals surface area contributed by atoms with Crippen molar-refractivity contribution in [1.82, 2.24) is 10.4 Å². The highest BCUT2D eigenvalue weighted by Gasteiger charge is 2.45. The van der Waals surface area contributed by atoms with Crippen LogP contribution in [0.1, 0.15) is 43.4 Å². The highest BCUT2D eigenvalue weighted by molar-refractivity contribution is 8.01. The Hall–Kier alpha value is -5.19. The molecule has 0 bridgehead atoms. The molecule has 10 heteroatoms. The Morgan fingerprint density at radius 2 is 1.60 bits per heavy atom. The molecule has 1 aromatic heterocycles. The van der Waals surface area contributed by atoms with Crippen LogP contribution in [0, 0.1) is 12.7 Å². The third kappa shape index (κ3) is 6.43. The molecule has 3 unspecified atom stereocenters. The highest BCUT2D eigenvalue weighted by atomic mass is 32.2. The van der Waals surface area contributed by atoms with Gasteiger partial charge in [-0.2, -0.15) is 0 Å². The zero-order valence-electron chi connectivity index (χ0n) is 25.3. The number of anilines is 2. The van der Waals surface area contributed by atoms with Gasteiger partial charge in [-0.15, -0.1) is 23.1 Å². The summed E-state index contributed by atoms with van der Waals surface area (Å²) in [5.74, 6) is -0.312. The summed E-state index contributed by atoms with van der Waals surface area (Å²) in [6.45, 7) is 1.85. The first-order valence-electron chi connectivity index (χ1n) is 15.1. The van der Waals surface area contributed by atoms with Gasteiger partial charge in [-0.25, -0.2) is 9.38 Å². The minimum absolute atomic E-state index is 0.251. The molecule has 3 atom stereocenters. The van der Waals surface area contributed by atoms with Crippen molar-refractivity contribution in [3.8, 4) is 0 Å². The SMILES string of the molecule is Cc1csc(NC(=O)c2ccccc2)c1C(=O)NN1C2=Nc3ccccc3NC(c3ccc(F)cc3)C2SC1/C=C/c1ccccc1. The molecule has 7 nitrogen and oxygen atoms in total. The van der Waals surface area contributed by atoms with Crippen molar-refractivity contribution in [2.24, 2.45) is 4.99 Å². The molecule has 0 saturated carbocycles. The van der Waals surface area contributed by atoms with Crippen LogP contribution in [-0.4, -0.2) is 33.3 Å². The summed E-state index contributed by atoms with van der Waals surface area (Å²) in [6, 6.07) is 32.8. The number of amidine groups is 1. The largest absolute Gasteiger partial charge is 0.375 e. The Morgan fingerprint density at radius 3 is 2.36 bits per heavy atom. The van der Waals surface area contributed by atoms with E-state index in [0.717, 1.165) is 28.1 Å². The van der Waals surface area contributed by atoms with E-state index in [9.17, 15) is 14.0 Å². The lowest BCUT2D eigenvalue weighted by Crippen LogP contribution is -2.48. The van der Waals surface area contributed by atoms with Crippen LogP contribution in [-0.2, 0) is 0 Å². The van der Waals surface area contributed by atoms with Crippen LogP contribution in [0.4, 0.5) is 20.8 Å². The Kier molecular flexibility index (Phi) is 8.60. The molecular weight excluding hydrogens is 630 g/mol. The number of para-hydroxylation sites is 2. The van der Waals surface area contributed by atoms with Gasteiger partial charge in [0.25, 0.3) is 11.8 Å². The molecule has 47 heavy (non-hydrogen) atoms. The molecule has 4 aromatic carbocycles. The number of carbonyl (C=O) groups excluding carboxylic acids is 2. The average Bonchev–Trinajstić information content (AvgIpc) is 3.57. The molecule has 2 aliphatic rings. The van der Waals surface area contributed by atoms with E-state index in [4.69, 9.17) is 4.99 Å². The lowest BCUT2D eigenvalue weighted by Gasteiger charge is -2.26. The van der Waals surface area contributed by atoms with Gasteiger partial charge in [0.1, 0.15) is 22.0 Å². The van der Waals surface area contributed by atoms with Gasteiger partial charge in [-0.1, -0.05) is 78.9 Å². The van der Waals surface area contributed by atoms with E-state index in [1.165, 1.54) is 23.5 Å². The Morgan fingerprint density at radius 1 is 0.894 bits per heavy atom. The Bertz CT molecular complexity index is 1980. The highest BCUT2D eigenvalue weighted by Crippen LogP contribution is 2.45. The summed E-state index contributed by atoms with van der Waals surface area (Å²) < 4.78 is 14.0. The van der Waals surface area contributed by atoms with Crippen LogP contribution in [0.25, 0.3) is 6.08 Å². The minimum atomic E-state index is -0.363. The lowest BCUT2D eigenvalue weighted by atomic mass is 10.0. The van der Waals surface area contributed by atoms with Gasteiger partial charge in [-0.05, 0) is 71.5 Å². The number of halogens is 1. The summed E-state index contributed by atoms with van der Waals surface area (Å²) in [7, 11) is 0. The van der Waals surface area contributed by atoms with E-state index in [2.05, 4.69) is 16.1 Å². The second-order valence-electron chi connectivity index (χ2n) is 11.1. The number of nitrogens with zero attached hydrogens (tertiary/aromatic N) is 2. The first-order valence-corrected chi connectivity index (χ1v) is 16.9. The first-order chi connectivity index (χ1) is 22.9. The maximum Gasteiger partial charge on any atom is 0.273 e. The fourth-order valence-electron chi connectivity index (χ4n) is 5.63. The van der Waals surface area contributed by atoms with Gasteiger partial charge in [0, 0.05) is 5.56 Å². The van der Waals surface area contributed by atoms with Crippen LogP contribution in [0.15, 0.2) is 126 Å². The summed E-state index contributed by atoms with van der Waals surface area (Å²) >= 11 is 2.95. The maximum absolute atomic E-state index is 14.2. The van der Waals surface area contributed by atoms with E-state index in [0.29, 0.717) is 22.0 Å². The number of nitrogens with one attached hydrogen (secondary N) is 3. The maximum atomic E-state index is 14.2. The lowest BCUT2D eigenvalue weighted by molar-refractivity contribution is 0.0873. The van der Waals surface area contributed by atoms with Crippen LogP contribution in [0.3, 0.4) is 0 Å². The number of fused-ring (bicyclic) bond motifs is 2. The average molecular weight is 660 g/mol. The van der Waals surface area contributed by atoms with Crippen molar-refractivity contribution in [1.29, 1.82) is 0 Å². The van der Waals surface area contributed by atoms with Crippen molar-refractivity contribution in [3.05, 3.63) is 154 Å². The molecule has 3 N–H and O–H groups in total. The van der Waals surface area contributed by atoms with Crippen molar-refractivity contribution >= 4 is 63.2 Å². The van der Waals surface area contributed by atoms with Crippen LogP contribution in [0.2, 0.25) is 0 Å². The molecule has 2 aliphatic heterocycles. The van der Waals surface area contributed by atoms with Crippen molar-refractivity contribution in [3.63, 3.8) is 0 Å². The number of aliphatic imine (C=N–C) groups is 1. The molecule has 1 fully saturated rings. The predicted molar refractivity (Wildman–Crippen MR) is 190 cm³/mol. The van der Waals surface area contributed by atoms with Gasteiger partial charge in [-0.3, -0.25) is 20.0 Å². The molecule has 1 saturated heterocycles. The normalized spacial score (nSPS) is 18.5. The van der Waals surface area contributed by atoms with E-state index in [-0.39, 0.29) is 34.3 Å². The van der Waals surface area contributed by atoms with E-state index in [1.54, 1.807) is 48.2 Å². The predicted octanol–water partition coefficient (Wildman–Crippen LogP) is 8.45. The number of hydrogen-bond donors (Lipinski definition) is 3. The summed E-state index contributed by atoms with van der Waals surface area (Å²) in [4.78, 5) is 32.4. The molecule has 234 valence electrons. The third-order valence-electron chi connectivity index (χ3n) is 7.96. The summed E-state index contributed by atoms with van der Waals surface area (Å²) in [6.07, 6.45) is 4.07. The molecule has 7 rings (SSSR count).